The van der Waals surface area contributed by atoms with Crippen molar-refractivity contribution in [3.63, 3.8) is 0 Å². The molecule has 0 bridgehead atoms. The van der Waals surface area contributed by atoms with Gasteiger partial charge >= 0.3 is 0 Å². The Labute approximate surface area is 139 Å². The molecule has 23 heavy (non-hydrogen) atoms. The fourth-order valence-electron chi connectivity index (χ4n) is 2.59. The topological polar surface area (TPSA) is 59.3 Å². The van der Waals surface area contributed by atoms with Gasteiger partial charge in [0.15, 0.2) is 0 Å². The first-order valence-electron chi connectivity index (χ1n) is 7.50. The van der Waals surface area contributed by atoms with Gasteiger partial charge in [-0.2, -0.15) is 0 Å². The van der Waals surface area contributed by atoms with Gasteiger partial charge in [0.1, 0.15) is 16.9 Å². The van der Waals surface area contributed by atoms with Gasteiger partial charge in [-0.25, -0.2) is 4.98 Å². The van der Waals surface area contributed by atoms with E-state index in [1.807, 2.05) is 28.8 Å². The van der Waals surface area contributed by atoms with E-state index in [4.69, 9.17) is 0 Å². The van der Waals surface area contributed by atoms with Crippen molar-refractivity contribution in [1.82, 2.24) is 19.7 Å². The molecule has 120 valence electrons. The van der Waals surface area contributed by atoms with Crippen LogP contribution in [0.1, 0.15) is 48.6 Å². The van der Waals surface area contributed by atoms with E-state index < -0.39 is 0 Å². The molecule has 6 heteroatoms. The van der Waals surface area contributed by atoms with Crippen LogP contribution < -0.4 is 5.32 Å². The highest BCUT2D eigenvalue weighted by atomic mass is 32.1. The summed E-state index contributed by atoms with van der Waals surface area (Å²) < 4.78 is 1.81. The lowest BCUT2D eigenvalue weighted by Gasteiger charge is -2.31. The lowest BCUT2D eigenvalue weighted by molar-refractivity contribution is 0.0893. The molecule has 0 radical (unpaired) electrons. The van der Waals surface area contributed by atoms with Crippen molar-refractivity contribution < 1.29 is 4.79 Å². The molecule has 0 aliphatic heterocycles. The van der Waals surface area contributed by atoms with Gasteiger partial charge in [-0.15, -0.1) is 11.3 Å². The van der Waals surface area contributed by atoms with Crippen LogP contribution in [-0.4, -0.2) is 20.3 Å². The molecule has 0 spiro atoms. The third-order valence-electron chi connectivity index (χ3n) is 3.85. The van der Waals surface area contributed by atoms with Crippen LogP contribution in [0.25, 0.3) is 4.83 Å². The van der Waals surface area contributed by atoms with Crippen molar-refractivity contribution in [3.05, 3.63) is 53.2 Å². The van der Waals surface area contributed by atoms with Crippen LogP contribution in [0.4, 0.5) is 0 Å². The van der Waals surface area contributed by atoms with E-state index in [1.165, 1.54) is 11.3 Å². The first kappa shape index (κ1) is 15.7. The highest BCUT2D eigenvalue weighted by Crippen LogP contribution is 2.33. The molecular formula is C17H20N4OS. The molecule has 3 aromatic rings. The zero-order valence-corrected chi connectivity index (χ0v) is 14.5. The largest absolute Gasteiger partial charge is 0.342 e. The number of aromatic nitrogens is 3. The van der Waals surface area contributed by atoms with Crippen LogP contribution >= 0.6 is 11.3 Å². The number of amides is 1. The summed E-state index contributed by atoms with van der Waals surface area (Å²) in [7, 11) is 0. The van der Waals surface area contributed by atoms with Crippen molar-refractivity contribution >= 4 is 22.1 Å². The van der Waals surface area contributed by atoms with Crippen molar-refractivity contribution in [2.75, 3.05) is 0 Å². The molecule has 5 nitrogen and oxygen atoms in total. The third kappa shape index (κ3) is 2.99. The molecule has 0 fully saturated rings. The summed E-state index contributed by atoms with van der Waals surface area (Å²) in [6.07, 6.45) is 5.19. The molecule has 0 aliphatic carbocycles. The van der Waals surface area contributed by atoms with Gasteiger partial charge in [0, 0.05) is 11.6 Å². The predicted octanol–water partition coefficient (Wildman–Crippen LogP) is 3.62. The molecule has 3 rings (SSSR count). The minimum absolute atomic E-state index is 0.112. The Hall–Kier alpha value is -2.21. The number of carbonyl (C=O) groups excluding carboxylic acids is 1. The van der Waals surface area contributed by atoms with Crippen LogP contribution in [0.3, 0.4) is 0 Å². The SMILES string of the molecule is Cc1cccnc1C(NC(=O)c1csc2cncn12)C(C)(C)C. The normalized spacial score (nSPS) is 13.2. The Morgan fingerprint density at radius 1 is 1.39 bits per heavy atom. The van der Waals surface area contributed by atoms with E-state index in [1.54, 1.807) is 18.7 Å². The highest BCUT2D eigenvalue weighted by Gasteiger charge is 2.31. The lowest BCUT2D eigenvalue weighted by atomic mass is 9.83. The maximum Gasteiger partial charge on any atom is 0.269 e. The Balaban J connectivity index is 1.95. The van der Waals surface area contributed by atoms with E-state index >= 15 is 0 Å². The number of hydrogen-bond donors (Lipinski definition) is 1. The summed E-state index contributed by atoms with van der Waals surface area (Å²) in [5, 5.41) is 5.01. The minimum Gasteiger partial charge on any atom is -0.342 e. The van der Waals surface area contributed by atoms with Gasteiger partial charge in [0.05, 0.1) is 17.9 Å². The molecule has 3 heterocycles. The second-order valence-corrected chi connectivity index (χ2v) is 7.59. The van der Waals surface area contributed by atoms with E-state index in [0.29, 0.717) is 5.69 Å². The first-order chi connectivity index (χ1) is 10.9. The third-order valence-corrected chi connectivity index (χ3v) is 4.74. The maximum absolute atomic E-state index is 12.8. The van der Waals surface area contributed by atoms with Crippen LogP contribution in [0, 0.1) is 12.3 Å². The number of carbonyl (C=O) groups is 1. The van der Waals surface area contributed by atoms with Crippen molar-refractivity contribution in [2.24, 2.45) is 5.41 Å². The summed E-state index contributed by atoms with van der Waals surface area (Å²) >= 11 is 1.51. The molecule has 1 atom stereocenters. The molecule has 0 aromatic carbocycles. The van der Waals surface area contributed by atoms with Gasteiger partial charge in [0.25, 0.3) is 5.91 Å². The van der Waals surface area contributed by atoms with Crippen molar-refractivity contribution in [2.45, 2.75) is 33.7 Å². The smallest absolute Gasteiger partial charge is 0.269 e. The summed E-state index contributed by atoms with van der Waals surface area (Å²) in [5.41, 5.74) is 2.43. The number of thiazole rings is 1. The fourth-order valence-corrected chi connectivity index (χ4v) is 3.42. The van der Waals surface area contributed by atoms with Gasteiger partial charge in [0.2, 0.25) is 0 Å². The average Bonchev–Trinajstić information content (AvgIpc) is 3.07. The quantitative estimate of drug-likeness (QED) is 0.799. The second-order valence-electron chi connectivity index (χ2n) is 6.70. The lowest BCUT2D eigenvalue weighted by Crippen LogP contribution is -2.38. The van der Waals surface area contributed by atoms with Gasteiger partial charge in [-0.1, -0.05) is 26.8 Å². The van der Waals surface area contributed by atoms with E-state index in [0.717, 1.165) is 16.1 Å². The number of nitrogens with zero attached hydrogens (tertiary/aromatic N) is 3. The number of hydrogen-bond acceptors (Lipinski definition) is 4. The van der Waals surface area contributed by atoms with Crippen LogP contribution in [0.2, 0.25) is 0 Å². The maximum atomic E-state index is 12.8. The minimum atomic E-state index is -0.172. The number of fused-ring (bicyclic) bond motifs is 1. The zero-order valence-electron chi connectivity index (χ0n) is 13.7. The summed E-state index contributed by atoms with van der Waals surface area (Å²) in [6, 6.07) is 3.76. The second kappa shape index (κ2) is 5.77. The van der Waals surface area contributed by atoms with Crippen LogP contribution in [-0.2, 0) is 0 Å². The molecule has 0 saturated carbocycles. The zero-order chi connectivity index (χ0) is 16.6. The molecule has 3 aromatic heterocycles. The number of imidazole rings is 1. The van der Waals surface area contributed by atoms with Crippen LogP contribution in [0.15, 0.2) is 36.2 Å². The van der Waals surface area contributed by atoms with Gasteiger partial charge in [-0.05, 0) is 24.0 Å². The molecule has 1 amide bonds. The van der Waals surface area contributed by atoms with E-state index in [9.17, 15) is 4.79 Å². The summed E-state index contributed by atoms with van der Waals surface area (Å²) in [4.78, 5) is 22.3. The molecule has 1 unspecified atom stereocenters. The van der Waals surface area contributed by atoms with Gasteiger partial charge < -0.3 is 5.32 Å². The summed E-state index contributed by atoms with van der Waals surface area (Å²) in [5.74, 6) is -0.112. The number of pyridine rings is 1. The number of rotatable bonds is 3. The Morgan fingerprint density at radius 2 is 2.17 bits per heavy atom. The summed E-state index contributed by atoms with van der Waals surface area (Å²) in [6.45, 7) is 8.33. The average molecular weight is 328 g/mol. The Morgan fingerprint density at radius 3 is 2.87 bits per heavy atom. The van der Waals surface area contributed by atoms with E-state index in [2.05, 4.69) is 36.1 Å². The predicted molar refractivity (Wildman–Crippen MR) is 91.7 cm³/mol. The Bertz CT molecular complexity index is 844. The standard InChI is InChI=1S/C17H20N4OS/c1-11-6-5-7-19-14(11)15(17(2,3)4)20-16(22)12-9-23-13-8-18-10-21(12)13/h5-10,15H,1-4H3,(H,20,22). The van der Waals surface area contributed by atoms with E-state index in [-0.39, 0.29) is 17.4 Å². The fraction of sp³-hybridized carbons (Fsp3) is 0.353. The highest BCUT2D eigenvalue weighted by molar-refractivity contribution is 7.15. The van der Waals surface area contributed by atoms with Crippen molar-refractivity contribution in [1.29, 1.82) is 0 Å². The van der Waals surface area contributed by atoms with Crippen LogP contribution in [0.5, 0.6) is 0 Å². The number of nitrogens with one attached hydrogen (secondary N) is 1. The van der Waals surface area contributed by atoms with Gasteiger partial charge in [-0.3, -0.25) is 14.2 Å². The molecule has 1 N–H and O–H groups in total. The molecule has 0 aliphatic rings. The number of aryl methyl sites for hydroxylation is 1. The molecular weight excluding hydrogens is 308 g/mol. The molecule has 0 saturated heterocycles. The first-order valence-corrected chi connectivity index (χ1v) is 8.38. The Kier molecular flexibility index (Phi) is 3.93. The monoisotopic (exact) mass is 328 g/mol. The van der Waals surface area contributed by atoms with Crippen molar-refractivity contribution in [3.8, 4) is 0 Å².